The van der Waals surface area contributed by atoms with Crippen molar-refractivity contribution in [3.05, 3.63) is 35.4 Å². The summed E-state index contributed by atoms with van der Waals surface area (Å²) in [5.41, 5.74) is 0.756. The van der Waals surface area contributed by atoms with E-state index in [1.807, 2.05) is 6.07 Å². The van der Waals surface area contributed by atoms with Crippen molar-refractivity contribution in [2.45, 2.75) is 18.9 Å². The lowest BCUT2D eigenvalue weighted by molar-refractivity contribution is -0.124. The Bertz CT molecular complexity index is 718. The summed E-state index contributed by atoms with van der Waals surface area (Å²) in [5, 5.41) is 14.3. The van der Waals surface area contributed by atoms with E-state index in [1.54, 1.807) is 31.4 Å². The van der Waals surface area contributed by atoms with E-state index in [0.29, 0.717) is 29.0 Å². The number of ether oxygens (including phenoxy) is 2. The molecular formula is C16H17ClN4O3. The molecule has 0 spiro atoms. The molecule has 1 saturated heterocycles. The predicted octanol–water partition coefficient (Wildman–Crippen LogP) is 3.00. The number of hydrogen-bond donors (Lipinski definition) is 2. The minimum atomic E-state index is -0.397. The first-order valence-electron chi connectivity index (χ1n) is 7.52. The lowest BCUT2D eigenvalue weighted by atomic mass is 10.2. The van der Waals surface area contributed by atoms with Crippen molar-refractivity contribution in [3.63, 3.8) is 0 Å². The summed E-state index contributed by atoms with van der Waals surface area (Å²) in [6, 6.07) is 8.70. The molecule has 1 aliphatic heterocycles. The second-order valence-electron chi connectivity index (χ2n) is 5.27. The number of rotatable bonds is 5. The van der Waals surface area contributed by atoms with Gasteiger partial charge < -0.3 is 20.1 Å². The van der Waals surface area contributed by atoms with Gasteiger partial charge in [0.1, 0.15) is 11.9 Å². The average Bonchev–Trinajstić information content (AvgIpc) is 3.11. The molecule has 2 N–H and O–H groups in total. The maximum atomic E-state index is 11.9. The number of methoxy groups -OCH3 is 1. The Balaban J connectivity index is 1.61. The fourth-order valence-electron chi connectivity index (χ4n) is 2.35. The van der Waals surface area contributed by atoms with Gasteiger partial charge in [0, 0.05) is 12.3 Å². The van der Waals surface area contributed by atoms with Gasteiger partial charge in [0.15, 0.2) is 11.6 Å². The lowest BCUT2D eigenvalue weighted by Crippen LogP contribution is -2.27. The third-order valence-electron chi connectivity index (χ3n) is 3.56. The van der Waals surface area contributed by atoms with Crippen molar-refractivity contribution in [2.24, 2.45) is 0 Å². The number of anilines is 3. The monoisotopic (exact) mass is 348 g/mol. The summed E-state index contributed by atoms with van der Waals surface area (Å²) in [6.45, 7) is 0.622. The molecule has 1 aromatic carbocycles. The van der Waals surface area contributed by atoms with Gasteiger partial charge in [-0.15, -0.1) is 10.2 Å². The second kappa shape index (κ2) is 7.46. The van der Waals surface area contributed by atoms with Crippen LogP contribution >= 0.6 is 11.6 Å². The quantitative estimate of drug-likeness (QED) is 0.864. The van der Waals surface area contributed by atoms with Crippen LogP contribution < -0.4 is 15.4 Å². The van der Waals surface area contributed by atoms with Gasteiger partial charge in [-0.1, -0.05) is 11.6 Å². The van der Waals surface area contributed by atoms with Gasteiger partial charge in [0.05, 0.1) is 12.1 Å². The zero-order chi connectivity index (χ0) is 16.9. The number of nitrogens with zero attached hydrogens (tertiary/aromatic N) is 2. The number of hydrogen-bond acceptors (Lipinski definition) is 6. The number of halogens is 1. The van der Waals surface area contributed by atoms with Gasteiger partial charge in [-0.05, 0) is 43.2 Å². The van der Waals surface area contributed by atoms with Crippen molar-refractivity contribution in [1.82, 2.24) is 10.2 Å². The highest BCUT2D eigenvalue weighted by Crippen LogP contribution is 2.28. The van der Waals surface area contributed by atoms with E-state index in [1.165, 1.54) is 0 Å². The molecule has 1 fully saturated rings. The van der Waals surface area contributed by atoms with Crippen LogP contribution in [0.4, 0.5) is 17.3 Å². The van der Waals surface area contributed by atoms with E-state index < -0.39 is 6.10 Å². The standard InChI is InChI=1S/C16H17ClN4O3/c1-23-12-5-4-10(9-11(12)17)18-14-6-7-15(21-20-14)19-16(22)13-3-2-8-24-13/h4-7,9,13H,2-3,8H2,1H3,(H,18,20)(H,19,21,22). The van der Waals surface area contributed by atoms with Gasteiger partial charge in [0.25, 0.3) is 5.91 Å². The van der Waals surface area contributed by atoms with Gasteiger partial charge in [-0.25, -0.2) is 0 Å². The van der Waals surface area contributed by atoms with Crippen molar-refractivity contribution >= 4 is 34.8 Å². The molecule has 1 aromatic heterocycles. The Morgan fingerprint density at radius 3 is 2.71 bits per heavy atom. The van der Waals surface area contributed by atoms with Gasteiger partial charge in [-0.3, -0.25) is 4.79 Å². The number of aromatic nitrogens is 2. The number of benzene rings is 1. The smallest absolute Gasteiger partial charge is 0.254 e. The molecule has 1 unspecified atom stereocenters. The van der Waals surface area contributed by atoms with E-state index in [-0.39, 0.29) is 5.91 Å². The van der Waals surface area contributed by atoms with E-state index in [9.17, 15) is 4.79 Å². The van der Waals surface area contributed by atoms with Crippen LogP contribution in [0.5, 0.6) is 5.75 Å². The molecule has 1 aliphatic rings. The minimum absolute atomic E-state index is 0.190. The summed E-state index contributed by atoms with van der Waals surface area (Å²) in [7, 11) is 1.56. The Morgan fingerprint density at radius 1 is 1.29 bits per heavy atom. The molecule has 1 amide bonds. The van der Waals surface area contributed by atoms with E-state index >= 15 is 0 Å². The molecule has 24 heavy (non-hydrogen) atoms. The summed E-state index contributed by atoms with van der Waals surface area (Å²) >= 11 is 6.08. The van der Waals surface area contributed by atoms with Gasteiger partial charge in [-0.2, -0.15) is 0 Å². The van der Waals surface area contributed by atoms with E-state index in [0.717, 1.165) is 18.5 Å². The van der Waals surface area contributed by atoms with Crippen LogP contribution in [0.15, 0.2) is 30.3 Å². The van der Waals surface area contributed by atoms with Crippen LogP contribution in [0.3, 0.4) is 0 Å². The van der Waals surface area contributed by atoms with Crippen molar-refractivity contribution in [3.8, 4) is 5.75 Å². The molecule has 1 atom stereocenters. The molecule has 0 bridgehead atoms. The third-order valence-corrected chi connectivity index (χ3v) is 3.86. The maximum absolute atomic E-state index is 11.9. The van der Waals surface area contributed by atoms with Crippen LogP contribution in [0.2, 0.25) is 5.02 Å². The van der Waals surface area contributed by atoms with E-state index in [4.69, 9.17) is 21.1 Å². The average molecular weight is 349 g/mol. The molecule has 0 radical (unpaired) electrons. The van der Waals surface area contributed by atoms with Crippen LogP contribution in [0, 0.1) is 0 Å². The summed E-state index contributed by atoms with van der Waals surface area (Å²) < 4.78 is 10.4. The van der Waals surface area contributed by atoms with Crippen molar-refractivity contribution in [2.75, 3.05) is 24.4 Å². The Hall–Kier alpha value is -2.38. The first-order chi connectivity index (χ1) is 11.7. The summed E-state index contributed by atoms with van der Waals surface area (Å²) in [5.74, 6) is 1.32. The first kappa shape index (κ1) is 16.5. The fourth-order valence-corrected chi connectivity index (χ4v) is 2.61. The second-order valence-corrected chi connectivity index (χ2v) is 5.68. The van der Waals surface area contributed by atoms with Crippen LogP contribution in [0.1, 0.15) is 12.8 Å². The SMILES string of the molecule is COc1ccc(Nc2ccc(NC(=O)C3CCCO3)nn2)cc1Cl. The summed E-state index contributed by atoms with van der Waals surface area (Å²) in [6.07, 6.45) is 1.24. The molecule has 2 aromatic rings. The molecule has 8 heteroatoms. The molecule has 3 rings (SSSR count). The molecular weight excluding hydrogens is 332 g/mol. The van der Waals surface area contributed by atoms with Crippen LogP contribution in [-0.2, 0) is 9.53 Å². The molecule has 7 nitrogen and oxygen atoms in total. The molecule has 0 saturated carbocycles. The van der Waals surface area contributed by atoms with Crippen molar-refractivity contribution in [1.29, 1.82) is 0 Å². The number of carbonyl (C=O) groups is 1. The highest BCUT2D eigenvalue weighted by molar-refractivity contribution is 6.32. The molecule has 126 valence electrons. The highest BCUT2D eigenvalue weighted by Gasteiger charge is 2.23. The van der Waals surface area contributed by atoms with Crippen molar-refractivity contribution < 1.29 is 14.3 Å². The maximum Gasteiger partial charge on any atom is 0.254 e. The summed E-state index contributed by atoms with van der Waals surface area (Å²) in [4.78, 5) is 11.9. The Labute approximate surface area is 144 Å². The molecule has 0 aliphatic carbocycles. The zero-order valence-electron chi connectivity index (χ0n) is 13.1. The van der Waals surface area contributed by atoms with E-state index in [2.05, 4.69) is 20.8 Å². The topological polar surface area (TPSA) is 85.4 Å². The normalized spacial score (nSPS) is 16.7. The van der Waals surface area contributed by atoms with Crippen LogP contribution in [0.25, 0.3) is 0 Å². The molecule has 2 heterocycles. The lowest BCUT2D eigenvalue weighted by Gasteiger charge is -2.10. The largest absolute Gasteiger partial charge is 0.495 e. The van der Waals surface area contributed by atoms with Gasteiger partial charge >= 0.3 is 0 Å². The van der Waals surface area contributed by atoms with Crippen LogP contribution in [-0.4, -0.2) is 35.9 Å². The Kier molecular flexibility index (Phi) is 5.12. The fraction of sp³-hybridized carbons (Fsp3) is 0.312. The zero-order valence-corrected chi connectivity index (χ0v) is 13.8. The number of nitrogens with one attached hydrogen (secondary N) is 2. The number of carbonyl (C=O) groups excluding carboxylic acids is 1. The Morgan fingerprint density at radius 2 is 2.08 bits per heavy atom. The van der Waals surface area contributed by atoms with Gasteiger partial charge in [0.2, 0.25) is 0 Å². The minimum Gasteiger partial charge on any atom is -0.495 e. The first-order valence-corrected chi connectivity index (χ1v) is 7.90. The highest BCUT2D eigenvalue weighted by atomic mass is 35.5. The number of amides is 1. The third kappa shape index (κ3) is 3.93. The predicted molar refractivity (Wildman–Crippen MR) is 90.9 cm³/mol.